The second kappa shape index (κ2) is 5.99. The number of fused-ring (bicyclic) bond motifs is 1. The fourth-order valence-electron chi connectivity index (χ4n) is 2.07. The molecule has 4 nitrogen and oxygen atoms in total. The number of nitrogens with zero attached hydrogens (tertiary/aromatic N) is 1. The van der Waals surface area contributed by atoms with E-state index in [1.54, 1.807) is 12.1 Å². The maximum atomic E-state index is 11.9. The molecular weight excluding hydrogens is 329 g/mol. The highest BCUT2D eigenvalue weighted by atomic mass is 35.5. The van der Waals surface area contributed by atoms with Crippen LogP contribution in [0.2, 0.25) is 10.0 Å². The van der Waals surface area contributed by atoms with Gasteiger partial charge in [0.1, 0.15) is 0 Å². The molecule has 2 rings (SSSR count). The van der Waals surface area contributed by atoms with Crippen molar-refractivity contribution in [3.8, 4) is 0 Å². The summed E-state index contributed by atoms with van der Waals surface area (Å²) in [7, 11) is 0. The maximum Gasteiger partial charge on any atom is 0.222 e. The number of H-pyrrole nitrogens is 1. The van der Waals surface area contributed by atoms with Crippen molar-refractivity contribution in [2.24, 2.45) is 0 Å². The van der Waals surface area contributed by atoms with Crippen molar-refractivity contribution in [2.75, 3.05) is 0 Å². The number of aryl methyl sites for hydroxylation is 1. The van der Waals surface area contributed by atoms with Crippen LogP contribution in [0.15, 0.2) is 12.1 Å². The standard InChI is InChI=1S/C14H17Cl2N3OS/c1-14(2,3)18-12(20)4-5-19-11-7-9(16)8(15)6-10(11)17-13(19)21/h6-7H,4-5H2,1-3H3,(H,17,21)(H,18,20). The number of rotatable bonds is 3. The highest BCUT2D eigenvalue weighted by Gasteiger charge is 2.14. The zero-order valence-corrected chi connectivity index (χ0v) is 14.4. The minimum atomic E-state index is -0.240. The van der Waals surface area contributed by atoms with E-state index in [1.807, 2.05) is 25.3 Å². The lowest BCUT2D eigenvalue weighted by Crippen LogP contribution is -2.40. The summed E-state index contributed by atoms with van der Waals surface area (Å²) in [4.78, 5) is 15.0. The van der Waals surface area contributed by atoms with Gasteiger partial charge in [0.15, 0.2) is 4.77 Å². The van der Waals surface area contributed by atoms with Gasteiger partial charge in [0, 0.05) is 18.5 Å². The van der Waals surface area contributed by atoms with Crippen molar-refractivity contribution in [1.29, 1.82) is 0 Å². The first-order valence-corrected chi connectivity index (χ1v) is 7.72. The molecule has 0 aliphatic rings. The Hall–Kier alpha value is -1.04. The lowest BCUT2D eigenvalue weighted by molar-refractivity contribution is -0.122. The van der Waals surface area contributed by atoms with Gasteiger partial charge in [0.2, 0.25) is 5.91 Å². The third-order valence-corrected chi connectivity index (χ3v) is 3.94. The predicted octanol–water partition coefficient (Wildman–Crippen LogP) is 4.31. The van der Waals surface area contributed by atoms with Gasteiger partial charge in [-0.3, -0.25) is 4.79 Å². The largest absolute Gasteiger partial charge is 0.351 e. The average Bonchev–Trinajstić information content (AvgIpc) is 2.60. The van der Waals surface area contributed by atoms with E-state index >= 15 is 0 Å². The monoisotopic (exact) mass is 345 g/mol. The molecule has 7 heteroatoms. The van der Waals surface area contributed by atoms with Gasteiger partial charge in [-0.2, -0.15) is 0 Å². The number of imidazole rings is 1. The topological polar surface area (TPSA) is 49.8 Å². The summed E-state index contributed by atoms with van der Waals surface area (Å²) in [5, 5.41) is 3.86. The van der Waals surface area contributed by atoms with Crippen LogP contribution in [0, 0.1) is 4.77 Å². The average molecular weight is 346 g/mol. The number of carbonyl (C=O) groups is 1. The molecular formula is C14H17Cl2N3OS. The minimum Gasteiger partial charge on any atom is -0.351 e. The highest BCUT2D eigenvalue weighted by Crippen LogP contribution is 2.27. The number of aromatic amines is 1. The van der Waals surface area contributed by atoms with Gasteiger partial charge < -0.3 is 14.9 Å². The van der Waals surface area contributed by atoms with Gasteiger partial charge >= 0.3 is 0 Å². The third kappa shape index (κ3) is 3.99. The molecule has 21 heavy (non-hydrogen) atoms. The molecule has 0 atom stereocenters. The Morgan fingerprint density at radius 3 is 2.57 bits per heavy atom. The fraction of sp³-hybridized carbons (Fsp3) is 0.429. The van der Waals surface area contributed by atoms with Gasteiger partial charge in [0.05, 0.1) is 21.1 Å². The molecule has 0 bridgehead atoms. The van der Waals surface area contributed by atoms with Crippen LogP contribution in [-0.4, -0.2) is 21.0 Å². The number of nitrogens with one attached hydrogen (secondary N) is 2. The first-order chi connectivity index (χ1) is 9.67. The van der Waals surface area contributed by atoms with Gasteiger partial charge in [-0.25, -0.2) is 0 Å². The SMILES string of the molecule is CC(C)(C)NC(=O)CCn1c(=S)[nH]c2cc(Cl)c(Cl)cc21. The fourth-order valence-corrected chi connectivity index (χ4v) is 2.69. The molecule has 1 amide bonds. The number of benzene rings is 1. The van der Waals surface area contributed by atoms with E-state index in [1.165, 1.54) is 0 Å². The molecule has 0 fully saturated rings. The number of halogens is 2. The summed E-state index contributed by atoms with van der Waals surface area (Å²) in [6, 6.07) is 3.49. The number of hydrogen-bond acceptors (Lipinski definition) is 2. The van der Waals surface area contributed by atoms with E-state index in [4.69, 9.17) is 35.4 Å². The Balaban J connectivity index is 2.23. The van der Waals surface area contributed by atoms with E-state index in [-0.39, 0.29) is 11.4 Å². The molecule has 114 valence electrons. The maximum absolute atomic E-state index is 11.9. The lowest BCUT2D eigenvalue weighted by Gasteiger charge is -2.20. The molecule has 1 heterocycles. The van der Waals surface area contributed by atoms with E-state index in [2.05, 4.69) is 10.3 Å². The Morgan fingerprint density at radius 1 is 1.33 bits per heavy atom. The van der Waals surface area contributed by atoms with Gasteiger partial charge in [-0.15, -0.1) is 0 Å². The van der Waals surface area contributed by atoms with Crippen LogP contribution in [0.3, 0.4) is 0 Å². The summed E-state index contributed by atoms with van der Waals surface area (Å²) < 4.78 is 2.40. The molecule has 0 radical (unpaired) electrons. The summed E-state index contributed by atoms with van der Waals surface area (Å²) in [6.45, 7) is 6.33. The number of aromatic nitrogens is 2. The first kappa shape index (κ1) is 16.3. The zero-order valence-electron chi connectivity index (χ0n) is 12.1. The summed E-state index contributed by atoms with van der Waals surface area (Å²) in [5.74, 6) is -0.0150. The molecule has 0 aliphatic heterocycles. The minimum absolute atomic E-state index is 0.0150. The Kier molecular flexibility index (Phi) is 4.66. The molecule has 0 saturated carbocycles. The van der Waals surface area contributed by atoms with Crippen molar-refractivity contribution < 1.29 is 4.79 Å². The van der Waals surface area contributed by atoms with Gasteiger partial charge in [-0.05, 0) is 45.1 Å². The van der Waals surface area contributed by atoms with E-state index < -0.39 is 0 Å². The molecule has 0 spiro atoms. The number of hydrogen-bond donors (Lipinski definition) is 2. The van der Waals surface area contributed by atoms with Crippen molar-refractivity contribution in [1.82, 2.24) is 14.9 Å². The smallest absolute Gasteiger partial charge is 0.222 e. The highest BCUT2D eigenvalue weighted by molar-refractivity contribution is 7.71. The lowest BCUT2D eigenvalue weighted by atomic mass is 10.1. The van der Waals surface area contributed by atoms with Crippen LogP contribution < -0.4 is 5.32 Å². The van der Waals surface area contributed by atoms with E-state index in [9.17, 15) is 4.79 Å². The summed E-state index contributed by atoms with van der Waals surface area (Å²) >= 11 is 17.3. The van der Waals surface area contributed by atoms with E-state index in [0.717, 1.165) is 11.0 Å². The van der Waals surface area contributed by atoms with Crippen molar-refractivity contribution in [2.45, 2.75) is 39.3 Å². The van der Waals surface area contributed by atoms with Crippen LogP contribution >= 0.6 is 35.4 Å². The van der Waals surface area contributed by atoms with Crippen molar-refractivity contribution in [3.05, 3.63) is 26.9 Å². The third-order valence-electron chi connectivity index (χ3n) is 2.89. The van der Waals surface area contributed by atoms with Gasteiger partial charge in [-0.1, -0.05) is 23.2 Å². The quantitative estimate of drug-likeness (QED) is 0.814. The second-order valence-electron chi connectivity index (χ2n) is 5.91. The predicted molar refractivity (Wildman–Crippen MR) is 89.7 cm³/mol. The van der Waals surface area contributed by atoms with Gasteiger partial charge in [0.25, 0.3) is 0 Å². The van der Waals surface area contributed by atoms with Crippen LogP contribution in [-0.2, 0) is 11.3 Å². The molecule has 0 saturated heterocycles. The van der Waals surface area contributed by atoms with E-state index in [0.29, 0.717) is 27.8 Å². The molecule has 0 aliphatic carbocycles. The second-order valence-corrected chi connectivity index (χ2v) is 7.11. The molecule has 2 N–H and O–H groups in total. The number of carbonyl (C=O) groups excluding carboxylic acids is 1. The number of amides is 1. The van der Waals surface area contributed by atoms with Crippen LogP contribution in [0.25, 0.3) is 11.0 Å². The summed E-state index contributed by atoms with van der Waals surface area (Å²) in [5.41, 5.74) is 1.42. The van der Waals surface area contributed by atoms with Crippen LogP contribution in [0.5, 0.6) is 0 Å². The van der Waals surface area contributed by atoms with Crippen LogP contribution in [0.4, 0.5) is 0 Å². The molecule has 1 aromatic heterocycles. The summed E-state index contributed by atoms with van der Waals surface area (Å²) in [6.07, 6.45) is 0.346. The Bertz CT molecular complexity index is 743. The first-order valence-electron chi connectivity index (χ1n) is 6.56. The zero-order chi connectivity index (χ0) is 15.8. The Morgan fingerprint density at radius 2 is 1.95 bits per heavy atom. The van der Waals surface area contributed by atoms with Crippen molar-refractivity contribution >= 4 is 52.4 Å². The molecule has 0 unspecified atom stereocenters. The van der Waals surface area contributed by atoms with Crippen LogP contribution in [0.1, 0.15) is 27.2 Å². The normalized spacial score (nSPS) is 11.9. The Labute approximate surface area is 138 Å². The molecule has 2 aromatic rings. The van der Waals surface area contributed by atoms with Crippen molar-refractivity contribution in [3.63, 3.8) is 0 Å². The molecule has 1 aromatic carbocycles.